The summed E-state index contributed by atoms with van der Waals surface area (Å²) in [4.78, 5) is 13.2. The first-order chi connectivity index (χ1) is 5.11. The summed E-state index contributed by atoms with van der Waals surface area (Å²) < 4.78 is 0. The number of aliphatic hydroxyl groups is 1. The van der Waals surface area contributed by atoms with Crippen molar-refractivity contribution in [1.29, 1.82) is 0 Å². The van der Waals surface area contributed by atoms with Crippen molar-refractivity contribution in [2.45, 2.75) is 6.04 Å². The van der Waals surface area contributed by atoms with Crippen LogP contribution in [0.1, 0.15) is 0 Å². The molecule has 0 saturated heterocycles. The van der Waals surface area contributed by atoms with Gasteiger partial charge in [0, 0.05) is 6.54 Å². The third kappa shape index (κ3) is 5.15. The van der Waals surface area contributed by atoms with Crippen LogP contribution in [0.2, 0.25) is 0 Å². The molecule has 1 atom stereocenters. The molecule has 0 amide bonds. The summed E-state index contributed by atoms with van der Waals surface area (Å²) >= 11 is 0. The van der Waals surface area contributed by atoms with Crippen molar-refractivity contribution in [3.63, 3.8) is 0 Å². The van der Waals surface area contributed by atoms with Crippen LogP contribution in [0.4, 0.5) is 0 Å². The third-order valence-electron chi connectivity index (χ3n) is 0.932. The zero-order chi connectivity index (χ0) is 8.85. The number of aliphatic hydroxyl groups excluding tert-OH is 1. The summed E-state index contributed by atoms with van der Waals surface area (Å²) in [5.41, 5.74) is 4.86. The topological polar surface area (TPSA) is 119 Å². The number of carboxylic acids is 1. The summed E-state index contributed by atoms with van der Waals surface area (Å²) in [6.45, 7) is -1.04. The van der Waals surface area contributed by atoms with Crippen molar-refractivity contribution >= 4 is 11.9 Å². The molecule has 0 aromatic heterocycles. The van der Waals surface area contributed by atoms with Crippen molar-refractivity contribution in [1.82, 2.24) is 0 Å². The molecule has 0 rings (SSSR count). The van der Waals surface area contributed by atoms with Crippen molar-refractivity contribution in [3.05, 3.63) is 0 Å². The average molecular weight is 168 g/mol. The number of nitrogens with two attached hydrogens (primary N) is 1. The summed E-state index contributed by atoms with van der Waals surface area (Å²) in [5, 5.41) is 27.1. The molecule has 4 N–H and O–H groups in total. The molecule has 0 fully saturated rings. The maximum Gasteiger partial charge on any atom is 1.00 e. The largest absolute Gasteiger partial charge is 1.00 e. The van der Waals surface area contributed by atoms with Crippen LogP contribution in [-0.2, 0) is 4.79 Å². The molecule has 12 heavy (non-hydrogen) atoms. The van der Waals surface area contributed by atoms with Gasteiger partial charge in [-0.05, 0) is 5.90 Å². The van der Waals surface area contributed by atoms with E-state index in [0.717, 1.165) is 0 Å². The second-order valence-electron chi connectivity index (χ2n) is 1.76. The quantitative estimate of drug-likeness (QED) is 0.219. The zero-order valence-electron chi connectivity index (χ0n) is 6.73. The minimum absolute atomic E-state index is 0. The van der Waals surface area contributed by atoms with Crippen molar-refractivity contribution in [2.24, 2.45) is 10.7 Å². The van der Waals surface area contributed by atoms with E-state index >= 15 is 0 Å². The Morgan fingerprint density at radius 1 is 1.67 bits per heavy atom. The molecular formula is C5H9LiN2O4. The Kier molecular flexibility index (Phi) is 8.32. The molecule has 0 aliphatic carbocycles. The smallest absolute Gasteiger partial charge is 0.861 e. The van der Waals surface area contributed by atoms with Crippen LogP contribution >= 0.6 is 0 Å². The Bertz CT molecular complexity index is 173. The molecule has 0 saturated carbocycles. The molecule has 7 heteroatoms. The minimum Gasteiger partial charge on any atom is -0.861 e. The normalized spacial score (nSPS) is 13.3. The first kappa shape index (κ1) is 14.0. The van der Waals surface area contributed by atoms with Gasteiger partial charge < -0.3 is 21.1 Å². The van der Waals surface area contributed by atoms with E-state index in [0.29, 0.717) is 0 Å². The molecule has 0 aromatic carbocycles. The van der Waals surface area contributed by atoms with Crippen LogP contribution in [0.3, 0.4) is 0 Å². The Hall–Kier alpha value is -0.543. The van der Waals surface area contributed by atoms with E-state index in [1.54, 1.807) is 0 Å². The number of carboxylic acid groups (broad SMARTS) is 1. The second kappa shape index (κ2) is 7.13. The van der Waals surface area contributed by atoms with Gasteiger partial charge >= 0.3 is 24.8 Å². The average Bonchev–Trinajstić information content (AvgIpc) is 1.99. The minimum atomic E-state index is -1.38. The standard InChI is InChI=1S/C5H10N2O4.Li/c6-1-4(9)7-3(2-8)5(10)11;/h3,8H,1-2,6H2,(H,7,9)(H,10,11);/q;+1/p-1/t3-;/m0./s1. The van der Waals surface area contributed by atoms with Gasteiger partial charge in [-0.2, -0.15) is 0 Å². The number of aliphatic imine (C=N–C) groups is 1. The maximum absolute atomic E-state index is 10.4. The number of carbonyl (C=O) groups is 1. The molecule has 0 aromatic rings. The van der Waals surface area contributed by atoms with Crippen LogP contribution < -0.4 is 29.7 Å². The van der Waals surface area contributed by atoms with Gasteiger partial charge in [-0.25, -0.2) is 4.79 Å². The molecule has 6 nitrogen and oxygen atoms in total. The fourth-order valence-corrected chi connectivity index (χ4v) is 0.401. The summed E-state index contributed by atoms with van der Waals surface area (Å²) in [6.07, 6.45) is 0. The molecule has 0 aliphatic rings. The number of hydrogen-bond donors (Lipinski definition) is 3. The van der Waals surface area contributed by atoms with Crippen LogP contribution in [0.5, 0.6) is 0 Å². The van der Waals surface area contributed by atoms with E-state index in [9.17, 15) is 9.90 Å². The van der Waals surface area contributed by atoms with Gasteiger partial charge in [-0.15, -0.1) is 0 Å². The van der Waals surface area contributed by atoms with Gasteiger partial charge in [0.15, 0.2) is 6.04 Å². The molecular weight excluding hydrogens is 159 g/mol. The molecule has 0 heterocycles. The van der Waals surface area contributed by atoms with E-state index in [2.05, 4.69) is 4.99 Å². The molecule has 0 bridgehead atoms. The van der Waals surface area contributed by atoms with Crippen molar-refractivity contribution < 1.29 is 39.0 Å². The van der Waals surface area contributed by atoms with Crippen LogP contribution in [0.25, 0.3) is 0 Å². The van der Waals surface area contributed by atoms with Gasteiger partial charge in [-0.3, -0.25) is 4.99 Å². The Labute approximate surface area is 81.3 Å². The van der Waals surface area contributed by atoms with E-state index in [4.69, 9.17) is 15.9 Å². The van der Waals surface area contributed by atoms with E-state index < -0.39 is 24.5 Å². The van der Waals surface area contributed by atoms with Crippen LogP contribution in [0.15, 0.2) is 4.99 Å². The van der Waals surface area contributed by atoms with Gasteiger partial charge in [-0.1, -0.05) is 0 Å². The van der Waals surface area contributed by atoms with Crippen molar-refractivity contribution in [3.8, 4) is 0 Å². The fraction of sp³-hybridized carbons (Fsp3) is 0.600. The molecule has 0 aliphatic heterocycles. The van der Waals surface area contributed by atoms with E-state index in [-0.39, 0.29) is 25.4 Å². The maximum atomic E-state index is 10.4. The second-order valence-corrected chi connectivity index (χ2v) is 1.76. The van der Waals surface area contributed by atoms with Gasteiger partial charge in [0.2, 0.25) is 0 Å². The van der Waals surface area contributed by atoms with E-state index in [1.807, 2.05) is 0 Å². The number of rotatable bonds is 4. The SMILES string of the molecule is NCC([O-])=N[C@@H](CO)C(=O)O.[Li+]. The number of nitrogens with zero attached hydrogens (tertiary/aromatic N) is 1. The molecule has 64 valence electrons. The zero-order valence-corrected chi connectivity index (χ0v) is 6.73. The Morgan fingerprint density at radius 2 is 2.17 bits per heavy atom. The van der Waals surface area contributed by atoms with Gasteiger partial charge in [0.05, 0.1) is 6.61 Å². The molecule has 0 radical (unpaired) electrons. The van der Waals surface area contributed by atoms with E-state index in [1.165, 1.54) is 0 Å². The number of hydrogen-bond acceptors (Lipinski definition) is 5. The summed E-state index contributed by atoms with van der Waals surface area (Å²) in [6, 6.07) is -1.38. The first-order valence-corrected chi connectivity index (χ1v) is 2.89. The third-order valence-corrected chi connectivity index (χ3v) is 0.932. The molecule has 0 spiro atoms. The first-order valence-electron chi connectivity index (χ1n) is 2.89. The van der Waals surface area contributed by atoms with Crippen LogP contribution in [0, 0.1) is 0 Å². The van der Waals surface area contributed by atoms with Gasteiger partial charge in [0.1, 0.15) is 0 Å². The Balaban J connectivity index is 0. The number of aliphatic carboxylic acids is 1. The molecule has 0 unspecified atom stereocenters. The predicted molar refractivity (Wildman–Crippen MR) is 35.0 cm³/mol. The monoisotopic (exact) mass is 168 g/mol. The predicted octanol–water partition coefficient (Wildman–Crippen LogP) is -5.85. The fourth-order valence-electron chi connectivity index (χ4n) is 0.401. The summed E-state index contributed by atoms with van der Waals surface area (Å²) in [5.74, 6) is -2.07. The van der Waals surface area contributed by atoms with Gasteiger partial charge in [0.25, 0.3) is 0 Å². The van der Waals surface area contributed by atoms with Crippen molar-refractivity contribution in [2.75, 3.05) is 13.2 Å². The van der Waals surface area contributed by atoms with Crippen LogP contribution in [-0.4, -0.2) is 41.3 Å². The Morgan fingerprint density at radius 3 is 2.42 bits per heavy atom. The summed E-state index contributed by atoms with van der Waals surface area (Å²) in [7, 11) is 0.